The molecule has 0 radical (unpaired) electrons. The van der Waals surface area contributed by atoms with E-state index in [1.807, 2.05) is 24.3 Å². The molecule has 2 nitrogen and oxygen atoms in total. The van der Waals surface area contributed by atoms with Crippen molar-refractivity contribution in [2.45, 2.75) is 57.5 Å². The first-order chi connectivity index (χ1) is 10.2. The zero-order valence-electron chi connectivity index (χ0n) is 13.9. The number of alkyl halides is 1. The zero-order valence-corrected chi connectivity index (χ0v) is 14.6. The molecular formula is C19H24ClNO. The molecule has 118 valence electrons. The standard InChI is InChI=1S/C19H24ClNO/c1-11(20)17-12(2)21(19(3,4)5)15-10-16(22)13-8-6-7-9-14(13)18(15)17/h6-12,17,22H,1-5H3/t11?,12-,17?/m1/s1. The SMILES string of the molecule is CC(Cl)C1c2c(cc(O)c3ccccc23)N(C(C)(C)C)[C@@H]1C. The van der Waals surface area contributed by atoms with Crippen LogP contribution in [0.2, 0.25) is 0 Å². The fourth-order valence-corrected chi connectivity index (χ4v) is 4.46. The summed E-state index contributed by atoms with van der Waals surface area (Å²) in [6.07, 6.45) is 0. The molecule has 3 atom stereocenters. The van der Waals surface area contributed by atoms with Crippen LogP contribution in [-0.4, -0.2) is 22.1 Å². The average molecular weight is 318 g/mol. The van der Waals surface area contributed by atoms with E-state index in [1.54, 1.807) is 0 Å². The highest BCUT2D eigenvalue weighted by molar-refractivity contribution is 6.21. The van der Waals surface area contributed by atoms with Crippen molar-refractivity contribution < 1.29 is 5.11 Å². The number of hydrogen-bond donors (Lipinski definition) is 1. The summed E-state index contributed by atoms with van der Waals surface area (Å²) in [5.74, 6) is 0.597. The van der Waals surface area contributed by atoms with Crippen molar-refractivity contribution in [1.29, 1.82) is 0 Å². The third-order valence-corrected chi connectivity index (χ3v) is 5.05. The van der Waals surface area contributed by atoms with E-state index in [9.17, 15) is 5.11 Å². The van der Waals surface area contributed by atoms with Crippen molar-refractivity contribution in [3.05, 3.63) is 35.9 Å². The maximum Gasteiger partial charge on any atom is 0.125 e. The summed E-state index contributed by atoms with van der Waals surface area (Å²) in [7, 11) is 0. The number of fused-ring (bicyclic) bond motifs is 3. The van der Waals surface area contributed by atoms with Crippen molar-refractivity contribution in [2.75, 3.05) is 4.90 Å². The molecule has 1 aliphatic heterocycles. The molecule has 0 aromatic heterocycles. The molecule has 2 aromatic rings. The highest BCUT2D eigenvalue weighted by atomic mass is 35.5. The van der Waals surface area contributed by atoms with Gasteiger partial charge in [0.05, 0.1) is 0 Å². The molecule has 22 heavy (non-hydrogen) atoms. The van der Waals surface area contributed by atoms with Gasteiger partial charge in [-0.2, -0.15) is 0 Å². The second-order valence-corrected chi connectivity index (χ2v) is 8.05. The maximum absolute atomic E-state index is 10.5. The molecule has 2 unspecified atom stereocenters. The third-order valence-electron chi connectivity index (χ3n) is 4.78. The van der Waals surface area contributed by atoms with Gasteiger partial charge in [-0.1, -0.05) is 24.3 Å². The number of halogens is 1. The summed E-state index contributed by atoms with van der Waals surface area (Å²) < 4.78 is 0. The number of nitrogens with zero attached hydrogens (tertiary/aromatic N) is 1. The van der Waals surface area contributed by atoms with E-state index < -0.39 is 0 Å². The lowest BCUT2D eigenvalue weighted by atomic mass is 9.89. The number of phenols is 1. The average Bonchev–Trinajstić information content (AvgIpc) is 2.71. The number of phenolic OH excluding ortho intramolecular Hbond substituents is 1. The Morgan fingerprint density at radius 3 is 2.32 bits per heavy atom. The van der Waals surface area contributed by atoms with Crippen LogP contribution >= 0.6 is 11.6 Å². The highest BCUT2D eigenvalue weighted by Gasteiger charge is 2.43. The minimum Gasteiger partial charge on any atom is -0.507 e. The van der Waals surface area contributed by atoms with Gasteiger partial charge in [-0.3, -0.25) is 0 Å². The number of rotatable bonds is 1. The van der Waals surface area contributed by atoms with Crippen molar-refractivity contribution in [1.82, 2.24) is 0 Å². The third kappa shape index (κ3) is 2.16. The molecule has 0 bridgehead atoms. The molecule has 0 saturated carbocycles. The molecule has 0 spiro atoms. The Bertz CT molecular complexity index is 717. The summed E-state index contributed by atoms with van der Waals surface area (Å²) in [6, 6.07) is 10.3. The summed E-state index contributed by atoms with van der Waals surface area (Å²) in [5.41, 5.74) is 2.37. The smallest absolute Gasteiger partial charge is 0.125 e. The van der Waals surface area contributed by atoms with E-state index in [0.717, 1.165) is 16.5 Å². The van der Waals surface area contributed by atoms with Crippen LogP contribution in [0.1, 0.15) is 46.1 Å². The van der Waals surface area contributed by atoms with Gasteiger partial charge in [0.1, 0.15) is 5.75 Å². The van der Waals surface area contributed by atoms with E-state index in [4.69, 9.17) is 11.6 Å². The molecule has 0 saturated heterocycles. The van der Waals surface area contributed by atoms with Crippen LogP contribution in [0.25, 0.3) is 10.8 Å². The molecule has 0 amide bonds. The number of anilines is 1. The predicted molar refractivity (Wildman–Crippen MR) is 95.4 cm³/mol. The van der Waals surface area contributed by atoms with Gasteiger partial charge in [0.15, 0.2) is 0 Å². The molecular weight excluding hydrogens is 294 g/mol. The largest absolute Gasteiger partial charge is 0.507 e. The van der Waals surface area contributed by atoms with E-state index in [0.29, 0.717) is 11.8 Å². The molecule has 1 aliphatic rings. The van der Waals surface area contributed by atoms with Crippen molar-refractivity contribution in [2.24, 2.45) is 0 Å². The van der Waals surface area contributed by atoms with Crippen LogP contribution in [0.15, 0.2) is 30.3 Å². The first-order valence-electron chi connectivity index (χ1n) is 7.91. The Kier molecular flexibility index (Phi) is 3.56. The summed E-state index contributed by atoms with van der Waals surface area (Å²) >= 11 is 6.57. The maximum atomic E-state index is 10.5. The van der Waals surface area contributed by atoms with Crippen molar-refractivity contribution in [3.8, 4) is 5.75 Å². The molecule has 2 aromatic carbocycles. The number of aromatic hydroxyl groups is 1. The fraction of sp³-hybridized carbons (Fsp3) is 0.474. The monoisotopic (exact) mass is 317 g/mol. The summed E-state index contributed by atoms with van der Waals surface area (Å²) in [4.78, 5) is 2.40. The van der Waals surface area contributed by atoms with Gasteiger partial charge in [0.2, 0.25) is 0 Å². The number of benzene rings is 2. The minimum absolute atomic E-state index is 0.0242. The first-order valence-corrected chi connectivity index (χ1v) is 8.35. The molecule has 1 heterocycles. The molecule has 1 N–H and O–H groups in total. The van der Waals surface area contributed by atoms with Gasteiger partial charge < -0.3 is 10.0 Å². The molecule has 3 heteroatoms. The second kappa shape index (κ2) is 5.06. The molecule has 3 rings (SSSR count). The van der Waals surface area contributed by atoms with Gasteiger partial charge in [0.25, 0.3) is 0 Å². The van der Waals surface area contributed by atoms with E-state index in [2.05, 4.69) is 45.6 Å². The lowest BCUT2D eigenvalue weighted by molar-refractivity contribution is 0.432. The van der Waals surface area contributed by atoms with Gasteiger partial charge in [-0.05, 0) is 45.6 Å². The Morgan fingerprint density at radius 1 is 1.18 bits per heavy atom. The highest BCUT2D eigenvalue weighted by Crippen LogP contribution is 2.51. The van der Waals surface area contributed by atoms with Crippen molar-refractivity contribution >= 4 is 28.1 Å². The predicted octanol–water partition coefficient (Wildman–Crippen LogP) is 5.26. The zero-order chi connectivity index (χ0) is 16.2. The Balaban J connectivity index is 2.37. The van der Waals surface area contributed by atoms with Crippen LogP contribution in [-0.2, 0) is 0 Å². The van der Waals surface area contributed by atoms with E-state index in [1.165, 1.54) is 5.56 Å². The van der Waals surface area contributed by atoms with Gasteiger partial charge in [-0.15, -0.1) is 11.6 Å². The topological polar surface area (TPSA) is 23.5 Å². The fourth-order valence-electron chi connectivity index (χ4n) is 4.12. The Morgan fingerprint density at radius 2 is 1.77 bits per heavy atom. The molecule has 0 aliphatic carbocycles. The first kappa shape index (κ1) is 15.5. The number of hydrogen-bond acceptors (Lipinski definition) is 2. The minimum atomic E-state index is -0.0242. The van der Waals surface area contributed by atoms with Crippen molar-refractivity contribution in [3.63, 3.8) is 0 Å². The van der Waals surface area contributed by atoms with Gasteiger partial charge in [-0.25, -0.2) is 0 Å². The molecule has 0 fully saturated rings. The van der Waals surface area contributed by atoms with Crippen LogP contribution in [0, 0.1) is 0 Å². The quantitative estimate of drug-likeness (QED) is 0.725. The Hall–Kier alpha value is -1.41. The van der Waals surface area contributed by atoms with E-state index >= 15 is 0 Å². The van der Waals surface area contributed by atoms with Gasteiger partial charge in [0, 0.05) is 40.0 Å². The van der Waals surface area contributed by atoms with Gasteiger partial charge >= 0.3 is 0 Å². The van der Waals surface area contributed by atoms with Crippen LogP contribution in [0.5, 0.6) is 5.75 Å². The second-order valence-electron chi connectivity index (χ2n) is 7.36. The van der Waals surface area contributed by atoms with Crippen LogP contribution in [0.3, 0.4) is 0 Å². The van der Waals surface area contributed by atoms with E-state index in [-0.39, 0.29) is 16.8 Å². The Labute approximate surface area is 137 Å². The lowest BCUT2D eigenvalue weighted by Gasteiger charge is -2.39. The van der Waals surface area contributed by atoms with Crippen LogP contribution in [0.4, 0.5) is 5.69 Å². The normalized spacial score (nSPS) is 22.9. The van der Waals surface area contributed by atoms with Crippen LogP contribution < -0.4 is 4.90 Å². The summed E-state index contributed by atoms with van der Waals surface area (Å²) in [6.45, 7) is 10.9. The lowest BCUT2D eigenvalue weighted by Crippen LogP contribution is -2.46. The summed E-state index contributed by atoms with van der Waals surface area (Å²) in [5, 5.41) is 12.5.